The summed E-state index contributed by atoms with van der Waals surface area (Å²) in [6.45, 7) is 9.81. The molecule has 0 aliphatic heterocycles. The van der Waals surface area contributed by atoms with Gasteiger partial charge >= 0.3 is 0 Å². The second-order valence-electron chi connectivity index (χ2n) is 21.2. The van der Waals surface area contributed by atoms with E-state index in [9.17, 15) is 0 Å². The van der Waals surface area contributed by atoms with Gasteiger partial charge in [0.15, 0.2) is 0 Å². The summed E-state index contributed by atoms with van der Waals surface area (Å²) in [7, 11) is 0. The van der Waals surface area contributed by atoms with Crippen LogP contribution in [-0.2, 0) is 17.3 Å². The van der Waals surface area contributed by atoms with Crippen LogP contribution in [0.2, 0.25) is 0 Å². The molecular weight excluding hydrogens is 855 g/mol. The monoisotopic (exact) mass is 907 g/mol. The molecule has 2 aliphatic rings. The molecule has 0 saturated heterocycles. The van der Waals surface area contributed by atoms with Gasteiger partial charge in [0.2, 0.25) is 0 Å². The molecule has 71 heavy (non-hydrogen) atoms. The second kappa shape index (κ2) is 15.6. The van der Waals surface area contributed by atoms with E-state index >= 15 is 0 Å². The number of hydrogen-bond donors (Lipinski definition) is 0. The maximum Gasteiger partial charge on any atom is 0.0543 e. The van der Waals surface area contributed by atoms with E-state index in [2.05, 4.69) is 263 Å². The van der Waals surface area contributed by atoms with E-state index in [4.69, 9.17) is 0 Å². The zero-order valence-electron chi connectivity index (χ0n) is 40.7. The van der Waals surface area contributed by atoms with Crippen molar-refractivity contribution in [2.24, 2.45) is 0 Å². The van der Waals surface area contributed by atoms with E-state index in [0.717, 1.165) is 12.1 Å². The van der Waals surface area contributed by atoms with Gasteiger partial charge in [0, 0.05) is 33.2 Å². The lowest BCUT2D eigenvalue weighted by atomic mass is 9.78. The zero-order chi connectivity index (χ0) is 47.6. The number of nitrogens with zero attached hydrogens (tertiary/aromatic N) is 1. The molecule has 0 saturated carbocycles. The van der Waals surface area contributed by atoms with Crippen molar-refractivity contribution < 1.29 is 0 Å². The van der Waals surface area contributed by atoms with E-state index in [1.165, 1.54) is 126 Å². The van der Waals surface area contributed by atoms with Gasteiger partial charge in [-0.3, -0.25) is 0 Å². The van der Waals surface area contributed by atoms with E-state index in [1.54, 1.807) is 0 Å². The van der Waals surface area contributed by atoms with Gasteiger partial charge in [-0.05, 0) is 147 Å². The Bertz CT molecular complexity index is 4160. The molecule has 0 fully saturated rings. The summed E-state index contributed by atoms with van der Waals surface area (Å²) in [5.74, 6) is 0.173. The molecule has 0 N–H and O–H groups in total. The molecule has 1 atom stereocenters. The maximum absolute atomic E-state index is 2.59. The normalized spacial score (nSPS) is 14.4. The lowest BCUT2D eigenvalue weighted by Gasteiger charge is -2.31. The van der Waals surface area contributed by atoms with Crippen LogP contribution in [0.1, 0.15) is 72.6 Å². The van der Waals surface area contributed by atoms with Crippen molar-refractivity contribution in [3.8, 4) is 22.3 Å². The Morgan fingerprint density at radius 1 is 0.352 bits per heavy atom. The zero-order valence-corrected chi connectivity index (χ0v) is 40.7. The first-order valence-electron chi connectivity index (χ1n) is 25.3. The first kappa shape index (κ1) is 41.7. The fourth-order valence-electron chi connectivity index (χ4n) is 12.9. The fourth-order valence-corrected chi connectivity index (χ4v) is 12.9. The van der Waals surface area contributed by atoms with Crippen molar-refractivity contribution in [1.29, 1.82) is 0 Å². The highest BCUT2D eigenvalue weighted by Crippen LogP contribution is 2.59. The van der Waals surface area contributed by atoms with Crippen molar-refractivity contribution >= 4 is 70.9 Å². The largest absolute Gasteiger partial charge is 0.309 e. The summed E-state index contributed by atoms with van der Waals surface area (Å²) in [6.07, 6.45) is 0.915. The minimum atomic E-state index is -0.265. The average Bonchev–Trinajstić information content (AvgIpc) is 3.77. The fraction of sp³-hybridized carbons (Fsp3) is 0.114. The highest BCUT2D eigenvalue weighted by Gasteiger charge is 2.43. The highest BCUT2D eigenvalue weighted by molar-refractivity contribution is 6.12. The molecule has 0 bridgehead atoms. The average molecular weight is 908 g/mol. The first-order valence-corrected chi connectivity index (χ1v) is 25.3. The van der Waals surface area contributed by atoms with Crippen LogP contribution in [0.25, 0.3) is 76.1 Å². The Kier molecular flexibility index (Phi) is 9.17. The topological polar surface area (TPSA) is 3.24 Å². The van der Waals surface area contributed by atoms with Crippen LogP contribution in [0.3, 0.4) is 0 Å². The van der Waals surface area contributed by atoms with Crippen LogP contribution in [0.5, 0.6) is 0 Å². The molecule has 0 spiro atoms. The summed E-state index contributed by atoms with van der Waals surface area (Å²) in [5, 5.41) is 12.7. The lowest BCUT2D eigenvalue weighted by molar-refractivity contribution is 0.651. The Morgan fingerprint density at radius 2 is 0.901 bits per heavy atom. The van der Waals surface area contributed by atoms with Gasteiger partial charge in [0.1, 0.15) is 0 Å². The summed E-state index contributed by atoms with van der Waals surface area (Å²) < 4.78 is 0. The van der Waals surface area contributed by atoms with E-state index in [0.29, 0.717) is 0 Å². The molecule has 0 aromatic heterocycles. The standard InChI is InChI=1S/C70H53N/c1-69(2)62-40-51(59(55-29-15-23-47-19-9-11-25-53(47)55)38-44-31-32-45-17-5-7-21-49(45)37-44)34-36-56(62)60-41-64-61(42-63(60)69)68-58-28-14-13-27-57(58)67(43-65(68)70(64,3)4)71(52-35-33-46-18-6-8-22-50(46)39-52)66-30-16-24-48-20-10-12-26-54(48)66/h5-37,39-43,59H,38H2,1-4H3. The molecule has 12 aromatic carbocycles. The third-order valence-corrected chi connectivity index (χ3v) is 16.6. The molecule has 2 aliphatic carbocycles. The minimum Gasteiger partial charge on any atom is -0.309 e. The van der Waals surface area contributed by atoms with Gasteiger partial charge in [0.25, 0.3) is 0 Å². The van der Waals surface area contributed by atoms with Crippen LogP contribution in [0, 0.1) is 0 Å². The molecule has 338 valence electrons. The molecule has 1 unspecified atom stereocenters. The van der Waals surface area contributed by atoms with Crippen molar-refractivity contribution in [1.82, 2.24) is 0 Å². The van der Waals surface area contributed by atoms with Crippen molar-refractivity contribution in [3.05, 3.63) is 269 Å². The maximum atomic E-state index is 2.59. The molecular formula is C70H53N. The van der Waals surface area contributed by atoms with Gasteiger partial charge in [-0.25, -0.2) is 0 Å². The van der Waals surface area contributed by atoms with E-state index in [-0.39, 0.29) is 16.7 Å². The summed E-state index contributed by atoms with van der Waals surface area (Å²) in [5.41, 5.74) is 18.2. The summed E-state index contributed by atoms with van der Waals surface area (Å²) in [4.78, 5) is 2.53. The van der Waals surface area contributed by atoms with E-state index in [1.807, 2.05) is 0 Å². The smallest absolute Gasteiger partial charge is 0.0543 e. The SMILES string of the molecule is CC1(C)c2cc(C(Cc3ccc4ccccc4c3)c3cccc4ccccc34)ccc2-c2cc3c(cc21)-c1c(cc(N(c2ccc4ccccc4c2)c2cccc4ccccc24)c2ccccc12)C3(C)C. The first-order chi connectivity index (χ1) is 34.7. The molecule has 0 radical (unpaired) electrons. The van der Waals surface area contributed by atoms with Crippen molar-refractivity contribution in [2.45, 2.75) is 50.9 Å². The Morgan fingerprint density at radius 3 is 1.66 bits per heavy atom. The lowest BCUT2D eigenvalue weighted by Crippen LogP contribution is -2.18. The molecule has 14 rings (SSSR count). The number of rotatable bonds is 7. The second-order valence-corrected chi connectivity index (χ2v) is 21.2. The van der Waals surface area contributed by atoms with Crippen LogP contribution in [-0.4, -0.2) is 0 Å². The predicted octanol–water partition coefficient (Wildman–Crippen LogP) is 18.9. The molecule has 0 amide bonds. The predicted molar refractivity (Wildman–Crippen MR) is 302 cm³/mol. The number of anilines is 3. The van der Waals surface area contributed by atoms with Crippen molar-refractivity contribution in [3.63, 3.8) is 0 Å². The van der Waals surface area contributed by atoms with Crippen LogP contribution in [0.15, 0.2) is 231 Å². The van der Waals surface area contributed by atoms with Crippen molar-refractivity contribution in [2.75, 3.05) is 4.90 Å². The quantitative estimate of drug-likeness (QED) is 0.154. The summed E-state index contributed by atoms with van der Waals surface area (Å²) >= 11 is 0. The number of fused-ring (bicyclic) bond motifs is 12. The molecule has 0 heterocycles. The van der Waals surface area contributed by atoms with Gasteiger partial charge in [0.05, 0.1) is 11.4 Å². The number of benzene rings is 12. The third-order valence-electron chi connectivity index (χ3n) is 16.6. The Hall–Kier alpha value is -8.26. The van der Waals surface area contributed by atoms with E-state index < -0.39 is 0 Å². The van der Waals surface area contributed by atoms with Gasteiger partial charge < -0.3 is 4.90 Å². The van der Waals surface area contributed by atoms with Crippen LogP contribution >= 0.6 is 0 Å². The van der Waals surface area contributed by atoms with Gasteiger partial charge in [-0.15, -0.1) is 0 Å². The van der Waals surface area contributed by atoms with Crippen LogP contribution in [0.4, 0.5) is 17.1 Å². The van der Waals surface area contributed by atoms with Gasteiger partial charge in [-0.2, -0.15) is 0 Å². The highest BCUT2D eigenvalue weighted by atomic mass is 15.1. The third kappa shape index (κ3) is 6.39. The Labute approximate surface area is 416 Å². The Balaban J connectivity index is 0.925. The molecule has 1 nitrogen and oxygen atoms in total. The molecule has 12 aromatic rings. The summed E-state index contributed by atoms with van der Waals surface area (Å²) in [6, 6.07) is 87.1. The number of hydrogen-bond acceptors (Lipinski definition) is 1. The minimum absolute atomic E-state index is 0.173. The van der Waals surface area contributed by atoms with Gasteiger partial charge in [-0.1, -0.05) is 222 Å². The molecule has 1 heteroatoms. The van der Waals surface area contributed by atoms with Crippen LogP contribution < -0.4 is 4.90 Å².